The highest BCUT2D eigenvalue weighted by Gasteiger charge is 2.15. The summed E-state index contributed by atoms with van der Waals surface area (Å²) in [4.78, 5) is 12.6. The third-order valence-electron chi connectivity index (χ3n) is 3.38. The summed E-state index contributed by atoms with van der Waals surface area (Å²) < 4.78 is 7.08. The number of hydrogen-bond acceptors (Lipinski definition) is 4. The van der Waals surface area contributed by atoms with Crippen LogP contribution >= 0.6 is 31.9 Å². The van der Waals surface area contributed by atoms with Crippen LogP contribution in [0.15, 0.2) is 61.0 Å². The standard InChI is InChI=1S/C17H12Br2N2O3/c1-9-3-2-4-12(5-9)20-16(22)13-7-10-6-11(18)8-14(19)15(10)24-17(13)21-23/h2-8,23H,1H3,(H,20,22)/b21-17-. The summed E-state index contributed by atoms with van der Waals surface area (Å²) in [6.45, 7) is 1.94. The number of nitrogens with one attached hydrogen (secondary N) is 1. The molecule has 24 heavy (non-hydrogen) atoms. The second-order valence-electron chi connectivity index (χ2n) is 5.19. The number of nitrogens with zero attached hydrogens (tertiary/aromatic N) is 1. The first kappa shape index (κ1) is 16.7. The fraction of sp³-hybridized carbons (Fsp3) is 0.0588. The third-order valence-corrected chi connectivity index (χ3v) is 4.42. The first-order valence-corrected chi connectivity index (χ1v) is 8.55. The topological polar surface area (TPSA) is 74.8 Å². The molecule has 1 heterocycles. The molecule has 0 unspecified atom stereocenters. The molecule has 3 aromatic rings. The monoisotopic (exact) mass is 450 g/mol. The van der Waals surface area contributed by atoms with Crippen LogP contribution in [0.5, 0.6) is 0 Å². The van der Waals surface area contributed by atoms with E-state index in [2.05, 4.69) is 42.3 Å². The van der Waals surface area contributed by atoms with Gasteiger partial charge < -0.3 is 14.9 Å². The van der Waals surface area contributed by atoms with Crippen LogP contribution in [0.3, 0.4) is 0 Å². The Kier molecular flexibility index (Phi) is 4.73. The van der Waals surface area contributed by atoms with Gasteiger partial charge in [-0.2, -0.15) is 0 Å². The number of halogens is 2. The molecule has 1 aromatic heterocycles. The number of aryl methyl sites for hydroxylation is 1. The van der Waals surface area contributed by atoms with Crippen molar-refractivity contribution in [3.05, 3.63) is 68.1 Å². The largest absolute Gasteiger partial charge is 0.434 e. The first-order chi connectivity index (χ1) is 11.5. The summed E-state index contributed by atoms with van der Waals surface area (Å²) in [5.74, 6) is -0.421. The van der Waals surface area contributed by atoms with Crippen LogP contribution in [0.4, 0.5) is 5.69 Å². The molecule has 0 aliphatic heterocycles. The number of anilines is 1. The van der Waals surface area contributed by atoms with Gasteiger partial charge in [0.15, 0.2) is 5.58 Å². The first-order valence-electron chi connectivity index (χ1n) is 6.97. The van der Waals surface area contributed by atoms with Gasteiger partial charge in [0.2, 0.25) is 0 Å². The van der Waals surface area contributed by atoms with Gasteiger partial charge in [-0.25, -0.2) is 0 Å². The summed E-state index contributed by atoms with van der Waals surface area (Å²) in [5.41, 5.74) is 2.14. The van der Waals surface area contributed by atoms with Gasteiger partial charge in [-0.1, -0.05) is 28.1 Å². The molecule has 0 saturated carbocycles. The number of fused-ring (bicyclic) bond motifs is 1. The van der Waals surface area contributed by atoms with Crippen molar-refractivity contribution in [1.29, 1.82) is 0 Å². The summed E-state index contributed by atoms with van der Waals surface area (Å²) >= 11 is 6.78. The lowest BCUT2D eigenvalue weighted by atomic mass is 10.1. The predicted molar refractivity (Wildman–Crippen MR) is 98.1 cm³/mol. The molecular formula is C17H12Br2N2O3. The number of hydrogen-bond donors (Lipinski definition) is 2. The van der Waals surface area contributed by atoms with Crippen molar-refractivity contribution in [1.82, 2.24) is 0 Å². The van der Waals surface area contributed by atoms with E-state index >= 15 is 0 Å². The van der Waals surface area contributed by atoms with Gasteiger partial charge in [0.05, 0.1) is 4.47 Å². The molecule has 0 fully saturated rings. The van der Waals surface area contributed by atoms with Crippen molar-refractivity contribution in [2.45, 2.75) is 6.92 Å². The van der Waals surface area contributed by atoms with E-state index in [1.54, 1.807) is 18.2 Å². The Hall–Kier alpha value is -2.12. The number of benzene rings is 2. The van der Waals surface area contributed by atoms with E-state index < -0.39 is 5.91 Å². The molecule has 0 atom stereocenters. The van der Waals surface area contributed by atoms with Crippen molar-refractivity contribution in [3.8, 4) is 0 Å². The second-order valence-corrected chi connectivity index (χ2v) is 6.96. The van der Waals surface area contributed by atoms with Gasteiger partial charge in [-0.05, 0) is 63.9 Å². The maximum absolute atomic E-state index is 12.6. The summed E-state index contributed by atoms with van der Waals surface area (Å²) in [5, 5.41) is 15.8. The lowest BCUT2D eigenvalue weighted by Gasteiger charge is -2.08. The zero-order valence-electron chi connectivity index (χ0n) is 12.5. The molecule has 7 heteroatoms. The Labute approximate surface area is 154 Å². The average molecular weight is 452 g/mol. The number of amides is 1. The number of rotatable bonds is 2. The molecule has 2 aromatic carbocycles. The van der Waals surface area contributed by atoms with Crippen LogP contribution in [0, 0.1) is 6.92 Å². The van der Waals surface area contributed by atoms with Crippen LogP contribution in [0.1, 0.15) is 15.9 Å². The zero-order chi connectivity index (χ0) is 17.3. The lowest BCUT2D eigenvalue weighted by Crippen LogP contribution is -2.21. The van der Waals surface area contributed by atoms with E-state index in [9.17, 15) is 10.0 Å². The van der Waals surface area contributed by atoms with Gasteiger partial charge >= 0.3 is 0 Å². The minimum absolute atomic E-state index is 0.136. The molecule has 0 saturated heterocycles. The maximum Gasteiger partial charge on any atom is 0.268 e. The van der Waals surface area contributed by atoms with E-state index in [-0.39, 0.29) is 11.1 Å². The Morgan fingerprint density at radius 2 is 2.00 bits per heavy atom. The number of carbonyl (C=O) groups is 1. The average Bonchev–Trinajstić information content (AvgIpc) is 2.53. The Bertz CT molecular complexity index is 1010. The zero-order valence-corrected chi connectivity index (χ0v) is 15.7. The highest BCUT2D eigenvalue weighted by molar-refractivity contribution is 9.11. The fourth-order valence-electron chi connectivity index (χ4n) is 2.32. The van der Waals surface area contributed by atoms with E-state index in [4.69, 9.17) is 4.42 Å². The van der Waals surface area contributed by atoms with Gasteiger partial charge in [0.1, 0.15) is 5.56 Å². The Morgan fingerprint density at radius 3 is 2.71 bits per heavy atom. The van der Waals surface area contributed by atoms with Gasteiger partial charge in [-0.3, -0.25) is 4.79 Å². The van der Waals surface area contributed by atoms with Crippen LogP contribution in [0.2, 0.25) is 0 Å². The third kappa shape index (κ3) is 3.37. The molecule has 0 radical (unpaired) electrons. The molecule has 0 bridgehead atoms. The van der Waals surface area contributed by atoms with Crippen molar-refractivity contribution < 1.29 is 14.4 Å². The Morgan fingerprint density at radius 1 is 1.21 bits per heavy atom. The smallest absolute Gasteiger partial charge is 0.268 e. The second kappa shape index (κ2) is 6.78. The summed E-state index contributed by atoms with van der Waals surface area (Å²) in [6.07, 6.45) is 0. The van der Waals surface area contributed by atoms with E-state index in [0.717, 1.165) is 10.0 Å². The molecular weight excluding hydrogens is 440 g/mol. The van der Waals surface area contributed by atoms with Gasteiger partial charge in [-0.15, -0.1) is 0 Å². The number of carbonyl (C=O) groups excluding carboxylic acids is 1. The van der Waals surface area contributed by atoms with Crippen molar-refractivity contribution >= 4 is 54.4 Å². The van der Waals surface area contributed by atoms with E-state index in [0.29, 0.717) is 21.1 Å². The minimum atomic E-state index is -0.421. The SMILES string of the molecule is Cc1cccc(NC(=O)c2cc3cc(Br)cc(Br)c3o/c2=N\O)c1. The molecule has 0 aliphatic rings. The minimum Gasteiger partial charge on any atom is -0.434 e. The van der Waals surface area contributed by atoms with Crippen LogP contribution < -0.4 is 10.9 Å². The fourth-order valence-corrected chi connectivity index (χ4v) is 3.66. The van der Waals surface area contributed by atoms with Crippen LogP contribution in [-0.4, -0.2) is 11.1 Å². The lowest BCUT2D eigenvalue weighted by molar-refractivity contribution is 0.102. The Balaban J connectivity index is 2.09. The normalized spacial score (nSPS) is 11.7. The molecule has 1 amide bonds. The maximum atomic E-state index is 12.6. The highest BCUT2D eigenvalue weighted by Crippen LogP contribution is 2.28. The molecule has 2 N–H and O–H groups in total. The van der Waals surface area contributed by atoms with Crippen molar-refractivity contribution in [2.75, 3.05) is 5.32 Å². The molecule has 5 nitrogen and oxygen atoms in total. The predicted octanol–water partition coefficient (Wildman–Crippen LogP) is 4.81. The molecule has 122 valence electrons. The van der Waals surface area contributed by atoms with Gasteiger partial charge in [0.25, 0.3) is 11.5 Å². The molecule has 0 spiro atoms. The highest BCUT2D eigenvalue weighted by atomic mass is 79.9. The summed E-state index contributed by atoms with van der Waals surface area (Å²) in [6, 6.07) is 12.7. The van der Waals surface area contributed by atoms with Crippen LogP contribution in [0.25, 0.3) is 11.0 Å². The molecule has 0 aliphatic carbocycles. The van der Waals surface area contributed by atoms with Crippen molar-refractivity contribution in [2.24, 2.45) is 5.16 Å². The quantitative estimate of drug-likeness (QED) is 0.433. The summed E-state index contributed by atoms with van der Waals surface area (Å²) in [7, 11) is 0. The molecule has 3 rings (SSSR count). The van der Waals surface area contributed by atoms with Crippen molar-refractivity contribution in [3.63, 3.8) is 0 Å². The van der Waals surface area contributed by atoms with E-state index in [1.165, 1.54) is 0 Å². The van der Waals surface area contributed by atoms with Gasteiger partial charge in [0, 0.05) is 15.5 Å². The van der Waals surface area contributed by atoms with E-state index in [1.807, 2.05) is 31.2 Å². The van der Waals surface area contributed by atoms with Crippen LogP contribution in [-0.2, 0) is 0 Å².